The van der Waals surface area contributed by atoms with Gasteiger partial charge < -0.3 is 15.5 Å². The van der Waals surface area contributed by atoms with Crippen molar-refractivity contribution in [2.24, 2.45) is 4.99 Å². The van der Waals surface area contributed by atoms with Crippen molar-refractivity contribution in [2.75, 3.05) is 44.4 Å². The largest absolute Gasteiger partial charge is 0.375 e. The Morgan fingerprint density at radius 3 is 2.71 bits per heavy atom. The molecule has 6 heteroatoms. The molecule has 1 heterocycles. The molecule has 4 nitrogen and oxygen atoms in total. The first-order valence-corrected chi connectivity index (χ1v) is 9.67. The topological polar surface area (TPSA) is 39.7 Å². The van der Waals surface area contributed by atoms with Crippen molar-refractivity contribution >= 4 is 47.4 Å². The summed E-state index contributed by atoms with van der Waals surface area (Å²) in [5, 5.41) is 7.62. The van der Waals surface area contributed by atoms with E-state index in [4.69, 9.17) is 0 Å². The fourth-order valence-electron chi connectivity index (χ4n) is 2.73. The van der Waals surface area contributed by atoms with Crippen LogP contribution in [0, 0.1) is 0 Å². The van der Waals surface area contributed by atoms with E-state index in [2.05, 4.69) is 69.7 Å². The lowest BCUT2D eigenvalue weighted by atomic mass is 10.2. The van der Waals surface area contributed by atoms with Gasteiger partial charge in [0.05, 0.1) is 0 Å². The first-order valence-electron chi connectivity index (χ1n) is 8.62. The van der Waals surface area contributed by atoms with Crippen LogP contribution in [0.4, 0.5) is 5.69 Å². The monoisotopic (exact) mass is 462 g/mol. The van der Waals surface area contributed by atoms with Gasteiger partial charge in [0.15, 0.2) is 5.96 Å². The lowest BCUT2D eigenvalue weighted by molar-refractivity contribution is 0.679. The fourth-order valence-corrected chi connectivity index (χ4v) is 3.93. The summed E-state index contributed by atoms with van der Waals surface area (Å²) in [6.07, 6.45) is 5.02. The molecule has 0 spiro atoms. The molecule has 1 atom stereocenters. The van der Waals surface area contributed by atoms with Crippen molar-refractivity contribution < 1.29 is 0 Å². The third kappa shape index (κ3) is 7.96. The maximum Gasteiger partial charge on any atom is 0.191 e. The van der Waals surface area contributed by atoms with Crippen molar-refractivity contribution in [3.05, 3.63) is 30.3 Å². The minimum atomic E-state index is 0. The van der Waals surface area contributed by atoms with E-state index in [1.165, 1.54) is 30.7 Å². The van der Waals surface area contributed by atoms with E-state index < -0.39 is 0 Å². The van der Waals surface area contributed by atoms with Crippen molar-refractivity contribution in [1.29, 1.82) is 0 Å². The van der Waals surface area contributed by atoms with Gasteiger partial charge in [-0.2, -0.15) is 11.8 Å². The van der Waals surface area contributed by atoms with E-state index in [1.54, 1.807) is 0 Å². The number of unbranched alkanes of at least 4 members (excludes halogenated alkanes) is 1. The number of guanidine groups is 1. The average Bonchev–Trinajstić information content (AvgIpc) is 3.11. The van der Waals surface area contributed by atoms with Crippen LogP contribution in [0.2, 0.25) is 0 Å². The summed E-state index contributed by atoms with van der Waals surface area (Å²) in [6, 6.07) is 10.6. The lowest BCUT2D eigenvalue weighted by Gasteiger charge is -2.19. The van der Waals surface area contributed by atoms with E-state index in [0.29, 0.717) is 0 Å². The maximum absolute atomic E-state index is 4.30. The lowest BCUT2D eigenvalue weighted by Crippen LogP contribution is -2.40. The molecule has 24 heavy (non-hydrogen) atoms. The minimum Gasteiger partial charge on any atom is -0.375 e. The zero-order chi connectivity index (χ0) is 16.3. The number of nitrogens with zero attached hydrogens (tertiary/aromatic N) is 2. The SMILES string of the molecule is CN=C(NCCCCN(C)c1ccccc1)NCC1CCCS1.I. The quantitative estimate of drug-likeness (QED) is 0.268. The highest BCUT2D eigenvalue weighted by atomic mass is 127. The molecule has 1 aliphatic rings. The molecule has 0 saturated carbocycles. The second kappa shape index (κ2) is 12.7. The van der Waals surface area contributed by atoms with Gasteiger partial charge in [0.2, 0.25) is 0 Å². The van der Waals surface area contributed by atoms with Crippen LogP contribution in [0.5, 0.6) is 0 Å². The predicted molar refractivity (Wildman–Crippen MR) is 119 cm³/mol. The van der Waals surface area contributed by atoms with Crippen LogP contribution in [-0.2, 0) is 0 Å². The molecule has 1 unspecified atom stereocenters. The number of anilines is 1. The number of thioether (sulfide) groups is 1. The molecule has 0 bridgehead atoms. The summed E-state index contributed by atoms with van der Waals surface area (Å²) in [6.45, 7) is 3.08. The summed E-state index contributed by atoms with van der Waals surface area (Å²) >= 11 is 2.08. The van der Waals surface area contributed by atoms with Gasteiger partial charge in [-0.25, -0.2) is 0 Å². The van der Waals surface area contributed by atoms with Gasteiger partial charge in [-0.05, 0) is 43.6 Å². The Morgan fingerprint density at radius 1 is 1.25 bits per heavy atom. The second-order valence-electron chi connectivity index (χ2n) is 5.98. The fraction of sp³-hybridized carbons (Fsp3) is 0.611. The Balaban J connectivity index is 0.00000288. The van der Waals surface area contributed by atoms with Gasteiger partial charge in [0.1, 0.15) is 0 Å². The van der Waals surface area contributed by atoms with Gasteiger partial charge in [-0.15, -0.1) is 24.0 Å². The molecule has 0 amide bonds. The van der Waals surface area contributed by atoms with Crippen molar-refractivity contribution in [2.45, 2.75) is 30.9 Å². The summed E-state index contributed by atoms with van der Waals surface area (Å²) in [4.78, 5) is 6.61. The van der Waals surface area contributed by atoms with Gasteiger partial charge in [0, 0.05) is 44.7 Å². The molecule has 1 aromatic rings. The Labute approximate surface area is 168 Å². The van der Waals surface area contributed by atoms with Crippen LogP contribution in [-0.4, -0.2) is 50.7 Å². The van der Waals surface area contributed by atoms with Crippen LogP contribution in [0.25, 0.3) is 0 Å². The molecule has 0 radical (unpaired) electrons. The highest BCUT2D eigenvalue weighted by Gasteiger charge is 2.15. The van der Waals surface area contributed by atoms with Gasteiger partial charge in [-0.1, -0.05) is 18.2 Å². The second-order valence-corrected chi connectivity index (χ2v) is 7.39. The molecule has 1 aliphatic heterocycles. The van der Waals surface area contributed by atoms with Crippen molar-refractivity contribution in [3.8, 4) is 0 Å². The minimum absolute atomic E-state index is 0. The molecular formula is C18H31IN4S. The molecule has 1 fully saturated rings. The van der Waals surface area contributed by atoms with E-state index in [0.717, 1.165) is 37.3 Å². The highest BCUT2D eigenvalue weighted by Crippen LogP contribution is 2.25. The van der Waals surface area contributed by atoms with E-state index >= 15 is 0 Å². The number of rotatable bonds is 8. The summed E-state index contributed by atoms with van der Waals surface area (Å²) in [5.41, 5.74) is 1.28. The molecular weight excluding hydrogens is 431 g/mol. The smallest absolute Gasteiger partial charge is 0.191 e. The standard InChI is InChI=1S/C18H30N4S.HI/c1-19-18(21-15-17-11-8-14-23-17)20-12-6-7-13-22(2)16-9-4-3-5-10-16;/h3-5,9-10,17H,6-8,11-15H2,1-2H3,(H2,19,20,21);1H. The van der Waals surface area contributed by atoms with Gasteiger partial charge >= 0.3 is 0 Å². The molecule has 0 aromatic heterocycles. The summed E-state index contributed by atoms with van der Waals surface area (Å²) in [5.74, 6) is 2.25. The van der Waals surface area contributed by atoms with Crippen LogP contribution in [0.15, 0.2) is 35.3 Å². The number of hydrogen-bond acceptors (Lipinski definition) is 3. The predicted octanol–water partition coefficient (Wildman–Crippen LogP) is 3.58. The van der Waals surface area contributed by atoms with E-state index in [-0.39, 0.29) is 24.0 Å². The molecule has 0 aliphatic carbocycles. The zero-order valence-electron chi connectivity index (χ0n) is 14.8. The number of hydrogen-bond donors (Lipinski definition) is 2. The Kier molecular flexibility index (Phi) is 11.3. The molecule has 1 saturated heterocycles. The first kappa shape index (κ1) is 21.4. The Morgan fingerprint density at radius 2 is 2.04 bits per heavy atom. The van der Waals surface area contributed by atoms with Crippen LogP contribution in [0.3, 0.4) is 0 Å². The van der Waals surface area contributed by atoms with Crippen LogP contribution < -0.4 is 15.5 Å². The summed E-state index contributed by atoms with van der Waals surface area (Å²) in [7, 11) is 4.00. The Hall–Kier alpha value is -0.630. The summed E-state index contributed by atoms with van der Waals surface area (Å²) < 4.78 is 0. The molecule has 1 aromatic carbocycles. The zero-order valence-corrected chi connectivity index (χ0v) is 18.0. The van der Waals surface area contributed by atoms with E-state index in [9.17, 15) is 0 Å². The molecule has 2 rings (SSSR count). The number of nitrogens with one attached hydrogen (secondary N) is 2. The molecule has 2 N–H and O–H groups in total. The van der Waals surface area contributed by atoms with Crippen molar-refractivity contribution in [1.82, 2.24) is 10.6 Å². The Bertz CT molecular complexity index is 463. The first-order chi connectivity index (χ1) is 11.3. The third-order valence-corrected chi connectivity index (χ3v) is 5.55. The number of para-hydroxylation sites is 1. The van der Waals surface area contributed by atoms with Crippen LogP contribution in [0.1, 0.15) is 25.7 Å². The average molecular weight is 462 g/mol. The normalized spacial score (nSPS) is 17.2. The van der Waals surface area contributed by atoms with Gasteiger partial charge in [0.25, 0.3) is 0 Å². The van der Waals surface area contributed by atoms with Crippen molar-refractivity contribution in [3.63, 3.8) is 0 Å². The number of halogens is 1. The van der Waals surface area contributed by atoms with E-state index in [1.807, 2.05) is 7.05 Å². The maximum atomic E-state index is 4.30. The van der Waals surface area contributed by atoms with Gasteiger partial charge in [-0.3, -0.25) is 4.99 Å². The molecule has 136 valence electrons. The third-order valence-electron chi connectivity index (χ3n) is 4.15. The van der Waals surface area contributed by atoms with Crippen LogP contribution >= 0.6 is 35.7 Å². The number of aliphatic imine (C=N–C) groups is 1. The highest BCUT2D eigenvalue weighted by molar-refractivity contribution is 14.0. The number of benzene rings is 1.